The van der Waals surface area contributed by atoms with E-state index >= 15 is 0 Å². The molecule has 0 amide bonds. The number of benzene rings is 1. The van der Waals surface area contributed by atoms with Crippen LogP contribution in [0.4, 0.5) is 0 Å². The molecule has 0 saturated heterocycles. The van der Waals surface area contributed by atoms with Gasteiger partial charge in [0.2, 0.25) is 0 Å². The van der Waals surface area contributed by atoms with Crippen LogP contribution in [0.2, 0.25) is 0 Å². The Balaban J connectivity index is 3.23. The number of likely N-dealkylation sites (N-methyl/N-ethyl adjacent to an activating group) is 1. The third kappa shape index (κ3) is 3.39. The standard InChI is InChI=1S/C15H25NO3/c1-9(2)14(16-4)15(17)11-8-12(18-5)10(3)7-13(11)19-6/h7-9,14-17H,1-6H3. The second kappa shape index (κ2) is 6.78. The van der Waals surface area contributed by atoms with Gasteiger partial charge in [-0.2, -0.15) is 0 Å². The van der Waals surface area contributed by atoms with Gasteiger partial charge >= 0.3 is 0 Å². The molecule has 1 aromatic carbocycles. The van der Waals surface area contributed by atoms with E-state index in [1.54, 1.807) is 14.2 Å². The van der Waals surface area contributed by atoms with Crippen LogP contribution in [0, 0.1) is 12.8 Å². The number of aliphatic hydroxyl groups is 1. The highest BCUT2D eigenvalue weighted by Crippen LogP contribution is 2.35. The van der Waals surface area contributed by atoms with Gasteiger partial charge in [-0.1, -0.05) is 13.8 Å². The second-order valence-corrected chi connectivity index (χ2v) is 5.07. The Hall–Kier alpha value is -1.26. The lowest BCUT2D eigenvalue weighted by atomic mass is 9.92. The van der Waals surface area contributed by atoms with E-state index in [-0.39, 0.29) is 6.04 Å². The summed E-state index contributed by atoms with van der Waals surface area (Å²) in [5.74, 6) is 1.75. The van der Waals surface area contributed by atoms with E-state index in [1.165, 1.54) is 0 Å². The highest BCUT2D eigenvalue weighted by atomic mass is 16.5. The van der Waals surface area contributed by atoms with Crippen molar-refractivity contribution in [3.8, 4) is 11.5 Å². The maximum Gasteiger partial charge on any atom is 0.125 e. The van der Waals surface area contributed by atoms with E-state index in [0.29, 0.717) is 11.7 Å². The highest BCUT2D eigenvalue weighted by Gasteiger charge is 2.26. The van der Waals surface area contributed by atoms with Crippen LogP contribution in [-0.2, 0) is 0 Å². The first kappa shape index (κ1) is 15.8. The van der Waals surface area contributed by atoms with Crippen molar-refractivity contribution in [3.63, 3.8) is 0 Å². The molecule has 2 atom stereocenters. The van der Waals surface area contributed by atoms with Gasteiger partial charge in [-0.15, -0.1) is 0 Å². The van der Waals surface area contributed by atoms with Crippen molar-refractivity contribution < 1.29 is 14.6 Å². The SMILES string of the molecule is CNC(C(C)C)C(O)c1cc(OC)c(C)cc1OC. The molecule has 0 radical (unpaired) electrons. The van der Waals surface area contributed by atoms with E-state index in [0.717, 1.165) is 16.9 Å². The van der Waals surface area contributed by atoms with Crippen LogP contribution < -0.4 is 14.8 Å². The minimum atomic E-state index is -0.644. The lowest BCUT2D eigenvalue weighted by molar-refractivity contribution is 0.107. The van der Waals surface area contributed by atoms with Gasteiger partial charge in [0, 0.05) is 11.6 Å². The summed E-state index contributed by atoms with van der Waals surface area (Å²) in [6.07, 6.45) is -0.644. The Kier molecular flexibility index (Phi) is 5.63. The quantitative estimate of drug-likeness (QED) is 0.830. The Morgan fingerprint density at radius 3 is 2.11 bits per heavy atom. The molecule has 19 heavy (non-hydrogen) atoms. The zero-order valence-electron chi connectivity index (χ0n) is 12.7. The molecule has 108 valence electrons. The zero-order valence-corrected chi connectivity index (χ0v) is 12.7. The summed E-state index contributed by atoms with van der Waals surface area (Å²) in [7, 11) is 5.09. The van der Waals surface area contributed by atoms with Crippen LogP contribution in [-0.4, -0.2) is 32.4 Å². The molecule has 1 aromatic rings. The van der Waals surface area contributed by atoms with Crippen molar-refractivity contribution in [2.45, 2.75) is 32.9 Å². The summed E-state index contributed by atoms with van der Waals surface area (Å²) >= 11 is 0. The fraction of sp³-hybridized carbons (Fsp3) is 0.600. The van der Waals surface area contributed by atoms with Gasteiger partial charge in [-0.25, -0.2) is 0 Å². The number of nitrogens with one attached hydrogen (secondary N) is 1. The van der Waals surface area contributed by atoms with Gasteiger partial charge in [0.05, 0.1) is 20.3 Å². The Bertz CT molecular complexity index is 418. The van der Waals surface area contributed by atoms with Crippen LogP contribution in [0.15, 0.2) is 12.1 Å². The van der Waals surface area contributed by atoms with Crippen molar-refractivity contribution in [3.05, 3.63) is 23.3 Å². The van der Waals surface area contributed by atoms with E-state index in [2.05, 4.69) is 19.2 Å². The predicted molar refractivity (Wildman–Crippen MR) is 76.9 cm³/mol. The summed E-state index contributed by atoms with van der Waals surface area (Å²) < 4.78 is 10.7. The lowest BCUT2D eigenvalue weighted by Gasteiger charge is -2.27. The first-order valence-electron chi connectivity index (χ1n) is 6.54. The van der Waals surface area contributed by atoms with Gasteiger partial charge in [-0.3, -0.25) is 0 Å². The first-order chi connectivity index (χ1) is 8.96. The molecule has 0 fully saturated rings. The number of aliphatic hydroxyl groups excluding tert-OH is 1. The summed E-state index contributed by atoms with van der Waals surface area (Å²) in [5, 5.41) is 13.7. The van der Waals surface area contributed by atoms with Crippen molar-refractivity contribution in [2.24, 2.45) is 5.92 Å². The maximum atomic E-state index is 10.6. The summed E-state index contributed by atoms with van der Waals surface area (Å²) in [6, 6.07) is 3.71. The minimum Gasteiger partial charge on any atom is -0.496 e. The molecule has 0 bridgehead atoms. The molecule has 0 spiro atoms. The van der Waals surface area contributed by atoms with Crippen LogP contribution in [0.25, 0.3) is 0 Å². The molecule has 4 heteroatoms. The van der Waals surface area contributed by atoms with Gasteiger partial charge < -0.3 is 19.9 Å². The van der Waals surface area contributed by atoms with Gasteiger partial charge in [0.1, 0.15) is 11.5 Å². The average molecular weight is 267 g/mol. The topological polar surface area (TPSA) is 50.7 Å². The van der Waals surface area contributed by atoms with Gasteiger partial charge in [-0.05, 0) is 37.6 Å². The molecule has 4 nitrogen and oxygen atoms in total. The number of aryl methyl sites for hydroxylation is 1. The molecule has 2 unspecified atom stereocenters. The first-order valence-corrected chi connectivity index (χ1v) is 6.54. The van der Waals surface area contributed by atoms with Crippen molar-refractivity contribution in [1.82, 2.24) is 5.32 Å². The summed E-state index contributed by atoms with van der Waals surface area (Å²) in [5.41, 5.74) is 1.74. The normalized spacial score (nSPS) is 14.3. The van der Waals surface area contributed by atoms with E-state index < -0.39 is 6.10 Å². The highest BCUT2D eigenvalue weighted by molar-refractivity contribution is 5.47. The molecule has 0 aromatic heterocycles. The summed E-state index contributed by atoms with van der Waals surface area (Å²) in [4.78, 5) is 0. The fourth-order valence-electron chi connectivity index (χ4n) is 2.35. The van der Waals surface area contributed by atoms with E-state index in [9.17, 15) is 5.11 Å². The molecular formula is C15H25NO3. The number of methoxy groups -OCH3 is 2. The van der Waals surface area contributed by atoms with E-state index in [1.807, 2.05) is 26.1 Å². The zero-order chi connectivity index (χ0) is 14.6. The molecular weight excluding hydrogens is 242 g/mol. The Labute approximate surface area is 115 Å². The maximum absolute atomic E-state index is 10.6. The monoisotopic (exact) mass is 267 g/mol. The summed E-state index contributed by atoms with van der Waals surface area (Å²) in [6.45, 7) is 6.10. The van der Waals surface area contributed by atoms with Crippen LogP contribution in [0.3, 0.4) is 0 Å². The third-order valence-corrected chi connectivity index (χ3v) is 3.46. The predicted octanol–water partition coefficient (Wildman–Crippen LogP) is 2.29. The van der Waals surface area contributed by atoms with E-state index in [4.69, 9.17) is 9.47 Å². The van der Waals surface area contributed by atoms with Gasteiger partial charge in [0.25, 0.3) is 0 Å². The molecule has 0 saturated carbocycles. The van der Waals surface area contributed by atoms with Crippen LogP contribution in [0.5, 0.6) is 11.5 Å². The largest absolute Gasteiger partial charge is 0.496 e. The Morgan fingerprint density at radius 2 is 1.68 bits per heavy atom. The molecule has 0 aliphatic carbocycles. The molecule has 0 aliphatic rings. The second-order valence-electron chi connectivity index (χ2n) is 5.07. The Morgan fingerprint density at radius 1 is 1.11 bits per heavy atom. The number of rotatable bonds is 6. The van der Waals surface area contributed by atoms with Crippen molar-refractivity contribution >= 4 is 0 Å². The lowest BCUT2D eigenvalue weighted by Crippen LogP contribution is -2.36. The average Bonchev–Trinajstić information content (AvgIpc) is 2.38. The molecule has 0 heterocycles. The molecule has 0 aliphatic heterocycles. The molecule has 1 rings (SSSR count). The molecule has 2 N–H and O–H groups in total. The van der Waals surface area contributed by atoms with Crippen molar-refractivity contribution in [2.75, 3.05) is 21.3 Å². The number of hydrogen-bond donors (Lipinski definition) is 2. The fourth-order valence-corrected chi connectivity index (χ4v) is 2.35. The van der Waals surface area contributed by atoms with Crippen LogP contribution in [0.1, 0.15) is 31.1 Å². The smallest absolute Gasteiger partial charge is 0.125 e. The minimum absolute atomic E-state index is 0.0405. The third-order valence-electron chi connectivity index (χ3n) is 3.46. The van der Waals surface area contributed by atoms with Crippen molar-refractivity contribution in [1.29, 1.82) is 0 Å². The number of ether oxygens (including phenoxy) is 2. The van der Waals surface area contributed by atoms with Gasteiger partial charge in [0.15, 0.2) is 0 Å². The number of hydrogen-bond acceptors (Lipinski definition) is 4. The van der Waals surface area contributed by atoms with Crippen LogP contribution >= 0.6 is 0 Å².